The highest BCUT2D eigenvalue weighted by molar-refractivity contribution is 7.16. The van der Waals surface area contributed by atoms with E-state index in [1.165, 1.54) is 0 Å². The van der Waals surface area contributed by atoms with Gasteiger partial charge >= 0.3 is 0 Å². The van der Waals surface area contributed by atoms with Crippen molar-refractivity contribution in [2.75, 3.05) is 36.5 Å². The van der Waals surface area contributed by atoms with Crippen LogP contribution in [-0.4, -0.2) is 61.0 Å². The zero-order valence-corrected chi connectivity index (χ0v) is 22.3. The Morgan fingerprint density at radius 3 is 2.64 bits per heavy atom. The van der Waals surface area contributed by atoms with Gasteiger partial charge in [-0.25, -0.2) is 9.98 Å². The lowest BCUT2D eigenvalue weighted by Crippen LogP contribution is -2.37. The van der Waals surface area contributed by atoms with Gasteiger partial charge in [-0.15, -0.1) is 11.3 Å². The van der Waals surface area contributed by atoms with Crippen LogP contribution < -0.4 is 16.0 Å². The number of anilines is 2. The molecule has 0 spiro atoms. The number of hydrogen-bond acceptors (Lipinski definition) is 9. The zero-order chi connectivity index (χ0) is 27.0. The molecule has 3 heterocycles. The number of carbonyl (C=O) groups is 1. The number of aliphatic imine (C=N–C) groups is 2. The fourth-order valence-electron chi connectivity index (χ4n) is 4.56. The van der Waals surface area contributed by atoms with Gasteiger partial charge in [0.2, 0.25) is 12.1 Å². The molecule has 2 aromatic carbocycles. The average molecular weight is 544 g/mol. The monoisotopic (exact) mass is 543 g/mol. The number of carbonyl (C=O) groups excluding carboxylic acids is 1. The summed E-state index contributed by atoms with van der Waals surface area (Å²) >= 11 is 1.59. The third-order valence-electron chi connectivity index (χ3n) is 7.07. The van der Waals surface area contributed by atoms with Gasteiger partial charge in [-0.05, 0) is 18.9 Å². The van der Waals surface area contributed by atoms with Crippen LogP contribution in [-0.2, 0) is 19.7 Å². The maximum atomic E-state index is 13.1. The smallest absolute Gasteiger partial charge is 0.291 e. The second-order valence-corrected chi connectivity index (χ2v) is 11.0. The molecule has 39 heavy (non-hydrogen) atoms. The molecule has 0 unspecified atom stereocenters. The fraction of sp³-hybridized carbons (Fsp3) is 0.321. The Morgan fingerprint density at radius 2 is 1.90 bits per heavy atom. The fourth-order valence-corrected chi connectivity index (χ4v) is 5.88. The molecule has 1 atom stereocenters. The van der Waals surface area contributed by atoms with E-state index < -0.39 is 12.1 Å². The number of benzene rings is 2. The molecular formula is C28H29N7O3S. The van der Waals surface area contributed by atoms with Crippen LogP contribution in [0, 0.1) is 5.41 Å². The van der Waals surface area contributed by atoms with Gasteiger partial charge in [0.05, 0.1) is 24.6 Å². The highest BCUT2D eigenvalue weighted by atomic mass is 32.1. The highest BCUT2D eigenvalue weighted by Gasteiger charge is 2.43. The number of benzodiazepines with no additional fused rings is 1. The number of morpholine rings is 1. The summed E-state index contributed by atoms with van der Waals surface area (Å²) < 4.78 is 11.2. The minimum absolute atomic E-state index is 0.0415. The molecule has 1 saturated carbocycles. The summed E-state index contributed by atoms with van der Waals surface area (Å²) in [6, 6.07) is 16.7. The highest BCUT2D eigenvalue weighted by Crippen LogP contribution is 2.50. The lowest BCUT2D eigenvalue weighted by molar-refractivity contribution is -0.117. The third-order valence-corrected chi connectivity index (χ3v) is 8.49. The van der Waals surface area contributed by atoms with Crippen LogP contribution in [0.3, 0.4) is 0 Å². The normalized spacial score (nSPS) is 20.4. The van der Waals surface area contributed by atoms with E-state index in [-0.39, 0.29) is 17.3 Å². The third kappa shape index (κ3) is 5.15. The Bertz CT molecular complexity index is 1470. The van der Waals surface area contributed by atoms with Crippen molar-refractivity contribution in [3.05, 3.63) is 76.4 Å². The molecule has 3 aliphatic rings. The summed E-state index contributed by atoms with van der Waals surface area (Å²) in [4.78, 5) is 29.0. The maximum Gasteiger partial charge on any atom is 0.291 e. The quantitative estimate of drug-likeness (QED) is 0.333. The van der Waals surface area contributed by atoms with Crippen molar-refractivity contribution in [1.82, 2.24) is 4.98 Å². The van der Waals surface area contributed by atoms with Gasteiger partial charge < -0.3 is 25.4 Å². The average Bonchev–Trinajstić information content (AvgIpc) is 3.57. The number of thiazole rings is 1. The first-order chi connectivity index (χ1) is 18.9. The topological polar surface area (TPSA) is 138 Å². The standard InChI is InChI=1S/C28H29N7O3S/c1-28(11-12-28)26-33-21(25(39-26)35-13-15-37-16-14-35)22(29)38-27(30)34-23-24(36)31-19-10-6-5-9-18(19)20(32-23)17-7-3-2-4-8-17/h2-10,23,29H,11-16H2,1H3,(H2,30,34)(H,31,36)/t23-/m1/s1. The molecule has 4 N–H and O–H groups in total. The first kappa shape index (κ1) is 25.2. The van der Waals surface area contributed by atoms with Crippen LogP contribution in [0.2, 0.25) is 0 Å². The van der Waals surface area contributed by atoms with Crippen molar-refractivity contribution in [1.29, 1.82) is 5.41 Å². The number of aromatic nitrogens is 1. The first-order valence-electron chi connectivity index (χ1n) is 12.9. The SMILES string of the molecule is CC1(c2nc(C(=N)OC(N)=N[C@H]3N=C(c4ccccc4)c4ccccc4NC3=O)c(N3CCOCC3)s2)CC1. The van der Waals surface area contributed by atoms with Crippen molar-refractivity contribution in [2.24, 2.45) is 15.7 Å². The lowest BCUT2D eigenvalue weighted by atomic mass is 10.0. The van der Waals surface area contributed by atoms with E-state index >= 15 is 0 Å². The molecule has 1 aromatic heterocycles. The van der Waals surface area contributed by atoms with E-state index in [9.17, 15) is 4.79 Å². The number of nitrogens with two attached hydrogens (primary N) is 1. The van der Waals surface area contributed by atoms with E-state index in [0.29, 0.717) is 43.4 Å². The van der Waals surface area contributed by atoms with Crippen LogP contribution in [0.15, 0.2) is 64.6 Å². The van der Waals surface area contributed by atoms with E-state index in [1.807, 2.05) is 54.6 Å². The number of ether oxygens (including phenoxy) is 2. The number of rotatable bonds is 5. The van der Waals surface area contributed by atoms with Crippen molar-refractivity contribution >= 4 is 45.6 Å². The molecule has 6 rings (SSSR count). The summed E-state index contributed by atoms with van der Waals surface area (Å²) in [5, 5.41) is 13.5. The van der Waals surface area contributed by atoms with E-state index in [4.69, 9.17) is 25.6 Å². The summed E-state index contributed by atoms with van der Waals surface area (Å²) in [5.41, 5.74) is 9.49. The Labute approximate surface area is 230 Å². The predicted octanol–water partition coefficient (Wildman–Crippen LogP) is 3.50. The molecule has 2 fully saturated rings. The number of amidine groups is 1. The van der Waals surface area contributed by atoms with Crippen molar-refractivity contribution in [3.63, 3.8) is 0 Å². The zero-order valence-electron chi connectivity index (χ0n) is 21.5. The van der Waals surface area contributed by atoms with Crippen LogP contribution in [0.1, 0.15) is 41.6 Å². The number of nitrogens with one attached hydrogen (secondary N) is 2. The molecule has 200 valence electrons. The molecule has 11 heteroatoms. The number of hydrogen-bond donors (Lipinski definition) is 3. The Hall–Kier alpha value is -4.09. The van der Waals surface area contributed by atoms with E-state index in [1.54, 1.807) is 11.3 Å². The largest absolute Gasteiger partial charge is 0.405 e. The van der Waals surface area contributed by atoms with Crippen molar-refractivity contribution < 1.29 is 14.3 Å². The molecule has 1 aliphatic carbocycles. The minimum Gasteiger partial charge on any atom is -0.405 e. The molecule has 0 bridgehead atoms. The molecule has 0 radical (unpaired) electrons. The number of amides is 1. The number of nitrogens with zero attached hydrogens (tertiary/aromatic N) is 4. The van der Waals surface area contributed by atoms with Crippen molar-refractivity contribution in [3.8, 4) is 0 Å². The summed E-state index contributed by atoms with van der Waals surface area (Å²) in [7, 11) is 0. The number of fused-ring (bicyclic) bond motifs is 1. The van der Waals surface area contributed by atoms with Gasteiger partial charge in [-0.1, -0.05) is 55.5 Å². The van der Waals surface area contributed by atoms with Gasteiger partial charge in [-0.2, -0.15) is 4.99 Å². The van der Waals surface area contributed by atoms with Crippen LogP contribution in [0.25, 0.3) is 0 Å². The summed E-state index contributed by atoms with van der Waals surface area (Å²) in [5.74, 6) is -0.660. The molecule has 1 amide bonds. The predicted molar refractivity (Wildman–Crippen MR) is 152 cm³/mol. The Morgan fingerprint density at radius 1 is 1.18 bits per heavy atom. The molecule has 1 saturated heterocycles. The summed E-state index contributed by atoms with van der Waals surface area (Å²) in [6.45, 7) is 4.83. The van der Waals surface area contributed by atoms with Crippen LogP contribution >= 0.6 is 11.3 Å². The Balaban J connectivity index is 1.29. The lowest BCUT2D eigenvalue weighted by Gasteiger charge is -2.27. The van der Waals surface area contributed by atoms with Gasteiger partial charge in [0.25, 0.3) is 11.9 Å². The first-order valence-corrected chi connectivity index (χ1v) is 13.7. The van der Waals surface area contributed by atoms with Gasteiger partial charge in [0.1, 0.15) is 10.0 Å². The van der Waals surface area contributed by atoms with Crippen molar-refractivity contribution in [2.45, 2.75) is 31.3 Å². The van der Waals surface area contributed by atoms with Gasteiger partial charge in [-0.3, -0.25) is 10.2 Å². The molecular weight excluding hydrogens is 514 g/mol. The van der Waals surface area contributed by atoms with E-state index in [2.05, 4.69) is 27.1 Å². The molecule has 3 aromatic rings. The summed E-state index contributed by atoms with van der Waals surface area (Å²) in [6.07, 6.45) is 0.943. The molecule has 2 aliphatic heterocycles. The van der Waals surface area contributed by atoms with Gasteiger partial charge in [0.15, 0.2) is 5.69 Å². The Kier molecular flexibility index (Phi) is 6.61. The van der Waals surface area contributed by atoms with Gasteiger partial charge in [0, 0.05) is 29.6 Å². The van der Waals surface area contributed by atoms with E-state index in [0.717, 1.165) is 34.0 Å². The number of para-hydroxylation sites is 1. The maximum absolute atomic E-state index is 13.1. The minimum atomic E-state index is -1.20. The second kappa shape index (κ2) is 10.2. The van der Waals surface area contributed by atoms with Crippen LogP contribution in [0.5, 0.6) is 0 Å². The molecule has 10 nitrogen and oxygen atoms in total. The van der Waals surface area contributed by atoms with Crippen LogP contribution in [0.4, 0.5) is 10.7 Å². The second-order valence-electron chi connectivity index (χ2n) is 9.98.